The summed E-state index contributed by atoms with van der Waals surface area (Å²) < 4.78 is 125. The number of aliphatic hydroxyl groups is 31. The summed E-state index contributed by atoms with van der Waals surface area (Å²) in [5.74, 6) is -15.2. The summed E-state index contributed by atoms with van der Waals surface area (Å²) in [4.78, 5) is 25.7. The van der Waals surface area contributed by atoms with Crippen LogP contribution in [0.5, 0.6) is 0 Å². The van der Waals surface area contributed by atoms with Crippen LogP contribution in [0.4, 0.5) is 0 Å². The van der Waals surface area contributed by atoms with E-state index in [2.05, 4.69) is 0 Å². The smallest absolute Gasteiger partial charge is 0.364 e. The van der Waals surface area contributed by atoms with Crippen LogP contribution in [0.1, 0.15) is 40.5 Å². The average Bonchev–Trinajstić information content (AvgIpc) is 0.771. The minimum Gasteiger partial charge on any atom is -0.477 e. The lowest BCUT2D eigenvalue weighted by Crippen LogP contribution is -2.68. The highest BCUT2D eigenvalue weighted by Crippen LogP contribution is 2.44. The van der Waals surface area contributed by atoms with E-state index in [-0.39, 0.29) is 0 Å². The van der Waals surface area contributed by atoms with Gasteiger partial charge in [0.2, 0.25) is 0 Å². The molecule has 11 aliphatic heterocycles. The molecule has 0 amide bonds. The highest BCUT2D eigenvalue weighted by Gasteiger charge is 2.64. The number of hydrogen-bond acceptors (Lipinski definition) is 56. The molecule has 0 radical (unpaired) electrons. The van der Waals surface area contributed by atoms with Gasteiger partial charge in [-0.15, -0.1) is 0 Å². The number of hydrogen-bond donors (Lipinski definition) is 35. The van der Waals surface area contributed by atoms with E-state index in [0.29, 0.717) is 0 Å². The Bertz CT molecular complexity index is 3610. The molecular formula is C76H130N2O56. The van der Waals surface area contributed by atoms with E-state index in [4.69, 9.17) is 111 Å². The van der Waals surface area contributed by atoms with Crippen molar-refractivity contribution < 1.29 is 278 Å². The van der Waals surface area contributed by atoms with Crippen molar-refractivity contribution in [1.82, 2.24) is 0 Å². The molecule has 0 aromatic carbocycles. The molecule has 11 heterocycles. The normalized spacial score (nSPS) is 50.9. The van der Waals surface area contributed by atoms with Gasteiger partial charge in [0, 0.05) is 36.5 Å². The van der Waals surface area contributed by atoms with E-state index in [1.54, 1.807) is 0 Å². The van der Waals surface area contributed by atoms with Gasteiger partial charge in [-0.25, -0.2) is 9.59 Å². The zero-order chi connectivity index (χ0) is 99.0. The van der Waals surface area contributed by atoms with Crippen LogP contribution in [0, 0.1) is 23.7 Å². The molecule has 11 rings (SSSR count). The van der Waals surface area contributed by atoms with E-state index < -0.39 is 446 Å². The van der Waals surface area contributed by atoms with Gasteiger partial charge in [-0.1, -0.05) is 27.7 Å². The Kier molecular flexibility index (Phi) is 39.1. The van der Waals surface area contributed by atoms with Crippen LogP contribution in [-0.4, -0.2) is 578 Å². The SMILES string of the molecule is CC1C(O)[C@H](O[C@@H]2OC(CO[C@]3(C(=O)O)CC(O)[C@@H](N)C([C@H](O)C(O)CO)O3)C(O)[C@H](O)C2O)C(CO)O[C@H]1OC1[C@@H](OCC2O[C@@H](OC3C(CO)O[C@@H](OC4C(CO)O[C@@H](O)C(C)[C@H]4O)C(C)[C@H]3O)C(O)[C@@H](OC3OC(CO)[C@H](O)C(O)[C@@H]3O[C@@H]3OC(CO)C(O[C@@H]4OC(CO[C@]5(C(=O)O)CC(O)[C@@H](N)C([C@H](O)C(O)CO)O5)C(O)[C@H](O)C4O)[C@H](O)C3C)C2O)OC(CO)C(O)[C@@H]1O. The molecule has 33 unspecified atom stereocenters. The van der Waals surface area contributed by atoms with Gasteiger partial charge < -0.3 is 279 Å². The molecule has 11 saturated heterocycles. The van der Waals surface area contributed by atoms with Crippen molar-refractivity contribution in [2.45, 2.75) is 365 Å². The van der Waals surface area contributed by atoms with Crippen LogP contribution < -0.4 is 11.5 Å². The second-order valence-corrected chi connectivity index (χ2v) is 35.4. The summed E-state index contributed by atoms with van der Waals surface area (Å²) in [5.41, 5.74) is 11.9. The summed E-state index contributed by atoms with van der Waals surface area (Å²) >= 11 is 0. The van der Waals surface area contributed by atoms with Crippen molar-refractivity contribution in [2.75, 3.05) is 72.7 Å². The topological polar surface area (TPSA) is 948 Å². The number of carbonyl (C=O) groups is 2. The molecule has 780 valence electrons. The molecule has 134 heavy (non-hydrogen) atoms. The van der Waals surface area contributed by atoms with Crippen molar-refractivity contribution >= 4 is 11.9 Å². The Labute approximate surface area is 760 Å². The number of aliphatic hydroxyl groups excluding tert-OH is 31. The first-order valence-electron chi connectivity index (χ1n) is 43.4. The zero-order valence-corrected chi connectivity index (χ0v) is 72.2. The first-order valence-corrected chi connectivity index (χ1v) is 43.4. The molecule has 57 atom stereocenters. The first-order chi connectivity index (χ1) is 63.2. The Hall–Kier alpha value is -3.22. The molecule has 58 nitrogen and oxygen atoms in total. The zero-order valence-electron chi connectivity index (χ0n) is 72.2. The van der Waals surface area contributed by atoms with Crippen molar-refractivity contribution in [3.8, 4) is 0 Å². The minimum absolute atomic E-state index is 0.825. The van der Waals surface area contributed by atoms with Gasteiger partial charge in [0.1, 0.15) is 208 Å². The largest absolute Gasteiger partial charge is 0.477 e. The second kappa shape index (κ2) is 47.1. The van der Waals surface area contributed by atoms with Crippen LogP contribution in [0.3, 0.4) is 0 Å². The number of carboxylic acids is 2. The Morgan fingerprint density at radius 2 is 0.590 bits per heavy atom. The lowest BCUT2D eigenvalue weighted by Gasteiger charge is -2.51. The van der Waals surface area contributed by atoms with Gasteiger partial charge in [0.05, 0.1) is 121 Å². The van der Waals surface area contributed by atoms with E-state index in [1.165, 1.54) is 27.7 Å². The molecule has 0 saturated carbocycles. The lowest BCUT2D eigenvalue weighted by molar-refractivity contribution is -0.403. The molecule has 37 N–H and O–H groups in total. The minimum atomic E-state index is -2.97. The van der Waals surface area contributed by atoms with Crippen LogP contribution >= 0.6 is 0 Å². The third kappa shape index (κ3) is 23.1. The van der Waals surface area contributed by atoms with Gasteiger partial charge in [-0.05, 0) is 0 Å². The maximum absolute atomic E-state index is 12.8. The van der Waals surface area contributed by atoms with Crippen LogP contribution in [-0.2, 0) is 109 Å². The van der Waals surface area contributed by atoms with Gasteiger partial charge in [-0.3, -0.25) is 0 Å². The Balaban J connectivity index is 0.829. The molecular weight excluding hydrogens is 1840 g/mol. The number of rotatable bonds is 37. The third-order valence-electron chi connectivity index (χ3n) is 26.5. The number of carboxylic acid groups (broad SMARTS) is 2. The fourth-order valence-corrected chi connectivity index (χ4v) is 17.7. The maximum Gasteiger partial charge on any atom is 0.364 e. The van der Waals surface area contributed by atoms with E-state index >= 15 is 0 Å². The molecule has 11 fully saturated rings. The van der Waals surface area contributed by atoms with Gasteiger partial charge >= 0.3 is 11.9 Å². The molecule has 0 aromatic rings. The van der Waals surface area contributed by atoms with Crippen LogP contribution in [0.15, 0.2) is 0 Å². The van der Waals surface area contributed by atoms with Gasteiger partial charge in [0.25, 0.3) is 11.6 Å². The average molecular weight is 1970 g/mol. The highest BCUT2D eigenvalue weighted by atomic mass is 16.8. The molecule has 0 aromatic heterocycles. The molecule has 0 bridgehead atoms. The predicted octanol–water partition coefficient (Wildman–Crippen LogP) is -21.5. The van der Waals surface area contributed by atoms with E-state index in [1.807, 2.05) is 0 Å². The van der Waals surface area contributed by atoms with Gasteiger partial charge in [-0.2, -0.15) is 0 Å². The molecule has 0 aliphatic carbocycles. The van der Waals surface area contributed by atoms with Crippen LogP contribution in [0.25, 0.3) is 0 Å². The highest BCUT2D eigenvalue weighted by molar-refractivity contribution is 5.76. The van der Waals surface area contributed by atoms with Crippen molar-refractivity contribution in [1.29, 1.82) is 0 Å². The molecule has 0 spiro atoms. The number of aliphatic carboxylic acids is 2. The lowest BCUT2D eigenvalue weighted by atomic mass is 9.89. The van der Waals surface area contributed by atoms with Crippen molar-refractivity contribution in [2.24, 2.45) is 35.1 Å². The van der Waals surface area contributed by atoms with Crippen molar-refractivity contribution in [3.63, 3.8) is 0 Å². The van der Waals surface area contributed by atoms with E-state index in [0.717, 1.165) is 0 Å². The number of nitrogens with two attached hydrogens (primary N) is 2. The predicted molar refractivity (Wildman–Crippen MR) is 413 cm³/mol. The maximum atomic E-state index is 12.8. The molecule has 58 heteroatoms. The number of ether oxygens (including phenoxy) is 21. The first kappa shape index (κ1) is 111. The Morgan fingerprint density at radius 1 is 0.306 bits per heavy atom. The summed E-state index contributed by atoms with van der Waals surface area (Å²) in [7, 11) is 0. The monoisotopic (exact) mass is 1970 g/mol. The Morgan fingerprint density at radius 3 is 0.940 bits per heavy atom. The fraction of sp³-hybridized carbons (Fsp3) is 0.974. The van der Waals surface area contributed by atoms with E-state index in [9.17, 15) is 178 Å². The van der Waals surface area contributed by atoms with Gasteiger partial charge in [0.15, 0.2) is 56.6 Å². The third-order valence-corrected chi connectivity index (χ3v) is 26.5. The summed E-state index contributed by atoms with van der Waals surface area (Å²) in [5, 5.41) is 364. The fourth-order valence-electron chi connectivity index (χ4n) is 17.7. The summed E-state index contributed by atoms with van der Waals surface area (Å²) in [6.07, 6.45) is -101. The summed E-state index contributed by atoms with van der Waals surface area (Å²) in [6.45, 7) is -6.89. The second-order valence-electron chi connectivity index (χ2n) is 35.4. The van der Waals surface area contributed by atoms with Crippen molar-refractivity contribution in [3.05, 3.63) is 0 Å². The quantitative estimate of drug-likeness (QED) is 0.0275. The standard InChI is InChI=1S/C76H130N2O56/c1-18-37(91)55(28(11-83)117-64(18)109)126-65-19(2)38(92)58(31(14-86)120-65)129-70-54(108)61(130-72-63(51(105)44(98)27(10-82)119-72)132-67-21(4)40(94)57(30(13-85)122-67)128-69-53(107)49(103)46(100)34(125-69)17-116-76(74(112)113)6-23(88)36(78)60(134-76)42(96)25(90)8-80)47(101)32(123-70)15-114-71-62(50(104)43(97)26(9-81)118-71)131-66-20(3)39(93)56(29(12-84)121-66)127-68-52(106)48(102)45(99)33(124-68)16-115-75(73(110)111)5-22(87)35(77)59(133-75)41(95)24(89)7-79/h18-72,79-109H,5-17,77-78H2,1-4H3,(H,110,111)(H,112,113)/t18?,19?,20?,21?,22?,23?,24?,25?,26?,27?,28?,29?,30?,31?,32?,33?,34?,35-,36-,37-,38-,39?,40-,41-,42-,43?,44+,45?,46?,47?,48+,49+,50+,51?,52?,53?,54?,55?,56-,57?,58?,59?,60?,61+,62?,63+,64-,65+,66+,67+,68+,69+,70+,71+,72?,75-,76-/m1/s1. The summed E-state index contributed by atoms with van der Waals surface area (Å²) in [6, 6.07) is -3.18. The van der Waals surface area contributed by atoms with Crippen LogP contribution in [0.2, 0.25) is 0 Å². The molecule has 11 aliphatic rings.